The molecule has 0 aliphatic rings. The average molecular weight is 252 g/mol. The summed E-state index contributed by atoms with van der Waals surface area (Å²) in [6.07, 6.45) is 5.87. The minimum Gasteiger partial charge on any atom is -0.508 e. The maximum absolute atomic E-state index is 9.28. The molecule has 2 heteroatoms. The Morgan fingerprint density at radius 2 is 1.37 bits per heavy atom. The van der Waals surface area contributed by atoms with Crippen LogP contribution < -0.4 is 0 Å². The summed E-state index contributed by atoms with van der Waals surface area (Å²) in [6.45, 7) is 3.83. The van der Waals surface area contributed by atoms with Crippen LogP contribution in [0.5, 0.6) is 11.5 Å². The molecule has 0 aromatic heterocycles. The molecule has 1 atom stereocenters. The van der Waals surface area contributed by atoms with Crippen molar-refractivity contribution in [2.24, 2.45) is 0 Å². The van der Waals surface area contributed by atoms with Crippen LogP contribution in [0.15, 0.2) is 67.3 Å². The Labute approximate surface area is 113 Å². The van der Waals surface area contributed by atoms with Gasteiger partial charge < -0.3 is 10.2 Å². The van der Waals surface area contributed by atoms with Gasteiger partial charge in [0.2, 0.25) is 0 Å². The predicted molar refractivity (Wildman–Crippen MR) is 78.2 cm³/mol. The molecule has 0 radical (unpaired) electrons. The first kappa shape index (κ1) is 13.0. The lowest BCUT2D eigenvalue weighted by molar-refractivity contribution is 0.474. The zero-order valence-electron chi connectivity index (χ0n) is 10.5. The summed E-state index contributed by atoms with van der Waals surface area (Å²) in [6, 6.07) is 14.1. The lowest BCUT2D eigenvalue weighted by atomic mass is 9.98. The van der Waals surface area contributed by atoms with Gasteiger partial charge in [-0.3, -0.25) is 0 Å². The fourth-order valence-corrected chi connectivity index (χ4v) is 1.82. The van der Waals surface area contributed by atoms with E-state index in [-0.39, 0.29) is 17.4 Å². The third-order valence-electron chi connectivity index (χ3n) is 2.92. The number of phenolic OH excluding ortho intramolecular Hbond substituents is 2. The van der Waals surface area contributed by atoms with Gasteiger partial charge in [0.05, 0.1) is 0 Å². The average Bonchev–Trinajstić information content (AvgIpc) is 2.43. The molecule has 2 nitrogen and oxygen atoms in total. The molecule has 0 fully saturated rings. The van der Waals surface area contributed by atoms with Crippen molar-refractivity contribution >= 4 is 6.08 Å². The molecule has 19 heavy (non-hydrogen) atoms. The van der Waals surface area contributed by atoms with E-state index in [9.17, 15) is 10.2 Å². The van der Waals surface area contributed by atoms with Crippen LogP contribution in [0.4, 0.5) is 0 Å². The third kappa shape index (κ3) is 3.49. The van der Waals surface area contributed by atoms with Crippen molar-refractivity contribution in [2.75, 3.05) is 0 Å². The highest BCUT2D eigenvalue weighted by molar-refractivity contribution is 5.52. The monoisotopic (exact) mass is 252 g/mol. The first-order valence-electron chi connectivity index (χ1n) is 6.08. The van der Waals surface area contributed by atoms with E-state index in [4.69, 9.17) is 0 Å². The number of phenols is 2. The maximum atomic E-state index is 9.28. The zero-order chi connectivity index (χ0) is 13.7. The van der Waals surface area contributed by atoms with Crippen LogP contribution in [0.25, 0.3) is 6.08 Å². The number of benzene rings is 2. The molecule has 2 rings (SSSR count). The SMILES string of the molecule is C=C[C@@H](C=Cc1ccc(O)cc1)c1ccc(O)cc1. The molecule has 0 heterocycles. The van der Waals surface area contributed by atoms with Crippen molar-refractivity contribution in [1.29, 1.82) is 0 Å². The van der Waals surface area contributed by atoms with Crippen LogP contribution in [0.1, 0.15) is 17.0 Å². The molecule has 0 amide bonds. The van der Waals surface area contributed by atoms with E-state index < -0.39 is 0 Å². The Balaban J connectivity index is 2.17. The van der Waals surface area contributed by atoms with Gasteiger partial charge in [0.25, 0.3) is 0 Å². The van der Waals surface area contributed by atoms with Crippen LogP contribution in [-0.2, 0) is 0 Å². The highest BCUT2D eigenvalue weighted by Gasteiger charge is 2.03. The minimum atomic E-state index is 0.0920. The van der Waals surface area contributed by atoms with Crippen LogP contribution >= 0.6 is 0 Å². The van der Waals surface area contributed by atoms with Gasteiger partial charge in [-0.15, -0.1) is 6.58 Å². The maximum Gasteiger partial charge on any atom is 0.115 e. The van der Waals surface area contributed by atoms with Crippen molar-refractivity contribution in [1.82, 2.24) is 0 Å². The summed E-state index contributed by atoms with van der Waals surface area (Å²) in [4.78, 5) is 0. The quantitative estimate of drug-likeness (QED) is 0.805. The van der Waals surface area contributed by atoms with Crippen molar-refractivity contribution in [2.45, 2.75) is 5.92 Å². The molecule has 2 aromatic rings. The topological polar surface area (TPSA) is 40.5 Å². The van der Waals surface area contributed by atoms with Crippen LogP contribution in [-0.4, -0.2) is 10.2 Å². The number of aromatic hydroxyl groups is 2. The van der Waals surface area contributed by atoms with Gasteiger partial charge in [-0.2, -0.15) is 0 Å². The van der Waals surface area contributed by atoms with Gasteiger partial charge >= 0.3 is 0 Å². The number of hydrogen-bond donors (Lipinski definition) is 2. The molecule has 0 saturated carbocycles. The van der Waals surface area contributed by atoms with Crippen molar-refractivity contribution in [3.63, 3.8) is 0 Å². The van der Waals surface area contributed by atoms with E-state index in [1.807, 2.05) is 42.5 Å². The van der Waals surface area contributed by atoms with Gasteiger partial charge in [-0.1, -0.05) is 42.5 Å². The standard InChI is InChI=1S/C17H16O2/c1-2-14(15-7-11-17(19)12-8-15)6-3-13-4-9-16(18)10-5-13/h2-12,14,18-19H,1H2/t14-/m0/s1. The fraction of sp³-hybridized carbons (Fsp3) is 0.0588. The van der Waals surface area contributed by atoms with Gasteiger partial charge in [-0.25, -0.2) is 0 Å². The van der Waals surface area contributed by atoms with Gasteiger partial charge in [-0.05, 0) is 35.4 Å². The molecular weight excluding hydrogens is 236 g/mol. The molecule has 96 valence electrons. The van der Waals surface area contributed by atoms with Crippen molar-refractivity contribution in [3.05, 3.63) is 78.4 Å². The third-order valence-corrected chi connectivity index (χ3v) is 2.92. The smallest absolute Gasteiger partial charge is 0.115 e. The molecule has 2 N–H and O–H groups in total. The molecule has 0 aliphatic heterocycles. The van der Waals surface area contributed by atoms with E-state index in [2.05, 4.69) is 6.58 Å². The molecule has 0 saturated heterocycles. The molecule has 0 unspecified atom stereocenters. The van der Waals surface area contributed by atoms with Crippen LogP contribution in [0.3, 0.4) is 0 Å². The summed E-state index contributed by atoms with van der Waals surface area (Å²) < 4.78 is 0. The fourth-order valence-electron chi connectivity index (χ4n) is 1.82. The first-order chi connectivity index (χ1) is 9.19. The van der Waals surface area contributed by atoms with E-state index in [0.29, 0.717) is 0 Å². The molecule has 0 spiro atoms. The molecule has 0 bridgehead atoms. The van der Waals surface area contributed by atoms with E-state index in [1.54, 1.807) is 24.3 Å². The Morgan fingerprint density at radius 3 is 1.89 bits per heavy atom. The van der Waals surface area contributed by atoms with E-state index >= 15 is 0 Å². The normalized spacial score (nSPS) is 12.4. The van der Waals surface area contributed by atoms with Crippen LogP contribution in [0, 0.1) is 0 Å². The van der Waals surface area contributed by atoms with Crippen molar-refractivity contribution < 1.29 is 10.2 Å². The Morgan fingerprint density at radius 1 is 0.842 bits per heavy atom. The van der Waals surface area contributed by atoms with E-state index in [1.165, 1.54) is 0 Å². The highest BCUT2D eigenvalue weighted by atomic mass is 16.3. The number of rotatable bonds is 4. The van der Waals surface area contributed by atoms with Gasteiger partial charge in [0.15, 0.2) is 0 Å². The summed E-state index contributed by atoms with van der Waals surface area (Å²) in [7, 11) is 0. The Kier molecular flexibility index (Phi) is 4.04. The predicted octanol–water partition coefficient (Wildman–Crippen LogP) is 4.08. The van der Waals surface area contributed by atoms with Crippen LogP contribution in [0.2, 0.25) is 0 Å². The van der Waals surface area contributed by atoms with E-state index in [0.717, 1.165) is 11.1 Å². The first-order valence-corrected chi connectivity index (χ1v) is 6.08. The zero-order valence-corrected chi connectivity index (χ0v) is 10.5. The summed E-state index contributed by atoms with van der Waals surface area (Å²) in [5, 5.41) is 18.5. The molecular formula is C17H16O2. The van der Waals surface area contributed by atoms with Gasteiger partial charge in [0.1, 0.15) is 11.5 Å². The number of hydrogen-bond acceptors (Lipinski definition) is 2. The lowest BCUT2D eigenvalue weighted by Crippen LogP contribution is -1.89. The Bertz CT molecular complexity index is 565. The second-order valence-corrected chi connectivity index (χ2v) is 4.30. The minimum absolute atomic E-state index is 0.0920. The second-order valence-electron chi connectivity index (χ2n) is 4.30. The number of allylic oxidation sites excluding steroid dienone is 2. The Hall–Kier alpha value is -2.48. The summed E-state index contributed by atoms with van der Waals surface area (Å²) in [5.41, 5.74) is 2.09. The highest BCUT2D eigenvalue weighted by Crippen LogP contribution is 2.22. The second kappa shape index (κ2) is 5.91. The molecule has 0 aliphatic carbocycles. The van der Waals surface area contributed by atoms with Gasteiger partial charge in [0, 0.05) is 5.92 Å². The summed E-state index contributed by atoms with van der Waals surface area (Å²) in [5.74, 6) is 0.611. The van der Waals surface area contributed by atoms with Crippen molar-refractivity contribution in [3.8, 4) is 11.5 Å². The summed E-state index contributed by atoms with van der Waals surface area (Å²) >= 11 is 0. The molecule has 2 aromatic carbocycles. The lowest BCUT2D eigenvalue weighted by Gasteiger charge is -2.08. The largest absolute Gasteiger partial charge is 0.508 e.